The molecule has 1 aromatic heterocycles. The summed E-state index contributed by atoms with van der Waals surface area (Å²) in [6.45, 7) is 6.85. The van der Waals surface area contributed by atoms with Crippen LogP contribution in [0.4, 0.5) is 0 Å². The summed E-state index contributed by atoms with van der Waals surface area (Å²) < 4.78 is 1.24. The number of halogens is 1. The van der Waals surface area contributed by atoms with E-state index < -0.39 is 0 Å². The van der Waals surface area contributed by atoms with Gasteiger partial charge in [-0.3, -0.25) is 4.90 Å². The molecule has 1 N–H and O–H groups in total. The molecule has 84 valence electrons. The fourth-order valence-electron chi connectivity index (χ4n) is 1.97. The second kappa shape index (κ2) is 5.43. The minimum atomic E-state index is 0.683. The summed E-state index contributed by atoms with van der Waals surface area (Å²) in [4.78, 5) is 4.00. The van der Waals surface area contributed by atoms with Gasteiger partial charge in [-0.1, -0.05) is 6.92 Å². The van der Waals surface area contributed by atoms with Gasteiger partial charge >= 0.3 is 0 Å². The first-order valence-electron chi connectivity index (χ1n) is 5.48. The zero-order valence-electron chi connectivity index (χ0n) is 9.00. The Morgan fingerprint density at radius 2 is 2.47 bits per heavy atom. The molecule has 1 aromatic rings. The second-order valence-corrected chi connectivity index (χ2v) is 6.55. The molecule has 2 rings (SSSR count). The molecule has 1 saturated heterocycles. The molecule has 1 atom stereocenters. The molecule has 1 fully saturated rings. The van der Waals surface area contributed by atoms with Gasteiger partial charge in [0.25, 0.3) is 0 Å². The lowest BCUT2D eigenvalue weighted by atomic mass is 10.1. The number of hydrogen-bond donors (Lipinski definition) is 1. The van der Waals surface area contributed by atoms with Crippen LogP contribution in [-0.2, 0) is 6.54 Å². The van der Waals surface area contributed by atoms with Gasteiger partial charge < -0.3 is 5.32 Å². The number of rotatable bonds is 3. The summed E-state index contributed by atoms with van der Waals surface area (Å²) in [6, 6.07) is 5.04. The van der Waals surface area contributed by atoms with E-state index in [-0.39, 0.29) is 0 Å². The van der Waals surface area contributed by atoms with Gasteiger partial charge in [-0.15, -0.1) is 11.3 Å². The van der Waals surface area contributed by atoms with E-state index in [1.807, 2.05) is 11.3 Å². The first-order chi connectivity index (χ1) is 7.28. The quantitative estimate of drug-likeness (QED) is 0.920. The molecule has 0 amide bonds. The van der Waals surface area contributed by atoms with Crippen molar-refractivity contribution >= 4 is 27.3 Å². The Morgan fingerprint density at radius 3 is 3.13 bits per heavy atom. The van der Waals surface area contributed by atoms with Crippen LogP contribution in [0.25, 0.3) is 0 Å². The number of nitrogens with one attached hydrogen (secondary N) is 1. The van der Waals surface area contributed by atoms with Gasteiger partial charge in [0.2, 0.25) is 0 Å². The molecule has 0 spiro atoms. The molecule has 0 aliphatic carbocycles. The lowest BCUT2D eigenvalue weighted by Crippen LogP contribution is -2.49. The van der Waals surface area contributed by atoms with Crippen LogP contribution in [-0.4, -0.2) is 30.6 Å². The summed E-state index contributed by atoms with van der Waals surface area (Å²) in [5.74, 6) is 0. The molecule has 0 aromatic carbocycles. The summed E-state index contributed by atoms with van der Waals surface area (Å²) in [6.07, 6.45) is 1.23. The van der Waals surface area contributed by atoms with Crippen LogP contribution in [0.5, 0.6) is 0 Å². The molecular weight excluding hydrogens is 272 g/mol. The van der Waals surface area contributed by atoms with E-state index in [0.717, 1.165) is 13.1 Å². The maximum Gasteiger partial charge on any atom is 0.0701 e. The maximum atomic E-state index is 3.54. The zero-order valence-corrected chi connectivity index (χ0v) is 11.4. The molecule has 4 heteroatoms. The third-order valence-corrected chi connectivity index (χ3v) is 4.45. The van der Waals surface area contributed by atoms with E-state index in [1.165, 1.54) is 28.2 Å². The Bertz CT molecular complexity index is 313. The van der Waals surface area contributed by atoms with E-state index in [0.29, 0.717) is 6.04 Å². The first-order valence-corrected chi connectivity index (χ1v) is 7.09. The average molecular weight is 289 g/mol. The predicted molar refractivity (Wildman–Crippen MR) is 69.4 cm³/mol. The van der Waals surface area contributed by atoms with Gasteiger partial charge in [-0.25, -0.2) is 0 Å². The minimum Gasteiger partial charge on any atom is -0.311 e. The highest BCUT2D eigenvalue weighted by atomic mass is 79.9. The largest absolute Gasteiger partial charge is 0.311 e. The number of piperazine rings is 1. The van der Waals surface area contributed by atoms with Crippen LogP contribution >= 0.6 is 27.3 Å². The SMILES string of the molecule is CCC1CN(Cc2ccc(Br)s2)CCN1. The summed E-state index contributed by atoms with van der Waals surface area (Å²) in [5.41, 5.74) is 0. The van der Waals surface area contributed by atoms with Crippen LogP contribution in [0.1, 0.15) is 18.2 Å². The number of nitrogens with zero attached hydrogens (tertiary/aromatic N) is 1. The topological polar surface area (TPSA) is 15.3 Å². The first kappa shape index (κ1) is 11.6. The minimum absolute atomic E-state index is 0.683. The van der Waals surface area contributed by atoms with Crippen LogP contribution in [0, 0.1) is 0 Å². The summed E-state index contributed by atoms with van der Waals surface area (Å²) in [5, 5.41) is 3.54. The van der Waals surface area contributed by atoms with Gasteiger partial charge in [0.1, 0.15) is 0 Å². The van der Waals surface area contributed by atoms with Crippen molar-refractivity contribution in [3.63, 3.8) is 0 Å². The Balaban J connectivity index is 1.88. The average Bonchev–Trinajstić information content (AvgIpc) is 2.64. The fourth-order valence-corrected chi connectivity index (χ4v) is 3.49. The van der Waals surface area contributed by atoms with E-state index in [9.17, 15) is 0 Å². The van der Waals surface area contributed by atoms with E-state index in [4.69, 9.17) is 0 Å². The zero-order chi connectivity index (χ0) is 10.7. The van der Waals surface area contributed by atoms with Gasteiger partial charge in [-0.2, -0.15) is 0 Å². The third kappa shape index (κ3) is 3.28. The van der Waals surface area contributed by atoms with Gasteiger partial charge in [0.05, 0.1) is 3.79 Å². The molecule has 1 unspecified atom stereocenters. The summed E-state index contributed by atoms with van der Waals surface area (Å²) >= 11 is 5.35. The Kier molecular flexibility index (Phi) is 4.20. The molecule has 1 aliphatic rings. The second-order valence-electron chi connectivity index (χ2n) is 4.00. The van der Waals surface area contributed by atoms with Gasteiger partial charge in [0.15, 0.2) is 0 Å². The Hall–Kier alpha value is 0.1000. The molecule has 0 radical (unpaired) electrons. The predicted octanol–water partition coefficient (Wildman–Crippen LogP) is 2.69. The lowest BCUT2D eigenvalue weighted by Gasteiger charge is -2.32. The van der Waals surface area contributed by atoms with Crippen molar-refractivity contribution in [1.29, 1.82) is 0 Å². The van der Waals surface area contributed by atoms with Crippen molar-refractivity contribution < 1.29 is 0 Å². The van der Waals surface area contributed by atoms with Gasteiger partial charge in [0, 0.05) is 37.1 Å². The lowest BCUT2D eigenvalue weighted by molar-refractivity contribution is 0.191. The van der Waals surface area contributed by atoms with Gasteiger partial charge in [-0.05, 0) is 34.5 Å². The highest BCUT2D eigenvalue weighted by Crippen LogP contribution is 2.23. The molecule has 2 nitrogen and oxygen atoms in total. The fraction of sp³-hybridized carbons (Fsp3) is 0.636. The molecular formula is C11H17BrN2S. The number of hydrogen-bond acceptors (Lipinski definition) is 3. The van der Waals surface area contributed by atoms with Crippen LogP contribution in [0.2, 0.25) is 0 Å². The monoisotopic (exact) mass is 288 g/mol. The van der Waals surface area contributed by atoms with Crippen molar-refractivity contribution in [3.8, 4) is 0 Å². The van der Waals surface area contributed by atoms with Crippen LogP contribution in [0.3, 0.4) is 0 Å². The highest BCUT2D eigenvalue weighted by Gasteiger charge is 2.17. The van der Waals surface area contributed by atoms with Crippen molar-refractivity contribution in [2.45, 2.75) is 25.9 Å². The highest BCUT2D eigenvalue weighted by molar-refractivity contribution is 9.11. The van der Waals surface area contributed by atoms with E-state index in [1.54, 1.807) is 0 Å². The molecule has 2 heterocycles. The van der Waals surface area contributed by atoms with E-state index >= 15 is 0 Å². The molecule has 15 heavy (non-hydrogen) atoms. The Morgan fingerprint density at radius 1 is 1.60 bits per heavy atom. The van der Waals surface area contributed by atoms with Crippen molar-refractivity contribution in [2.75, 3.05) is 19.6 Å². The third-order valence-electron chi connectivity index (χ3n) is 2.84. The number of thiophene rings is 1. The van der Waals surface area contributed by atoms with E-state index in [2.05, 4.69) is 45.2 Å². The maximum absolute atomic E-state index is 3.54. The molecule has 1 aliphatic heterocycles. The standard InChI is InChI=1S/C11H17BrN2S/c1-2-9-7-14(6-5-13-9)8-10-3-4-11(12)15-10/h3-4,9,13H,2,5-8H2,1H3. The van der Waals surface area contributed by atoms with Crippen molar-refractivity contribution in [3.05, 3.63) is 20.8 Å². The van der Waals surface area contributed by atoms with Crippen LogP contribution < -0.4 is 5.32 Å². The molecule has 0 bridgehead atoms. The molecule has 0 saturated carbocycles. The van der Waals surface area contributed by atoms with Crippen molar-refractivity contribution in [1.82, 2.24) is 10.2 Å². The Labute approximate surface area is 104 Å². The van der Waals surface area contributed by atoms with Crippen molar-refractivity contribution in [2.24, 2.45) is 0 Å². The van der Waals surface area contributed by atoms with Crippen LogP contribution in [0.15, 0.2) is 15.9 Å². The summed E-state index contributed by atoms with van der Waals surface area (Å²) in [7, 11) is 0. The normalized spacial score (nSPS) is 23.2. The smallest absolute Gasteiger partial charge is 0.0701 e.